The summed E-state index contributed by atoms with van der Waals surface area (Å²) >= 11 is 0. The average Bonchev–Trinajstić information content (AvgIpc) is 2.36. The molecule has 3 nitrogen and oxygen atoms in total. The Balaban J connectivity index is 1.89. The Hall–Kier alpha value is -1.06. The van der Waals surface area contributed by atoms with E-state index < -0.39 is 0 Å². The first kappa shape index (κ1) is 14.4. The van der Waals surface area contributed by atoms with Crippen LogP contribution < -0.4 is 10.1 Å². The molecular formula is C16H26N2O. The number of nitrogens with one attached hydrogen (secondary N) is 1. The van der Waals surface area contributed by atoms with E-state index in [-0.39, 0.29) is 0 Å². The summed E-state index contributed by atoms with van der Waals surface area (Å²) in [4.78, 5) is 2.45. The molecule has 1 aromatic rings. The summed E-state index contributed by atoms with van der Waals surface area (Å²) in [7, 11) is 3.96. The zero-order valence-corrected chi connectivity index (χ0v) is 12.6. The topological polar surface area (TPSA) is 24.5 Å². The smallest absolute Gasteiger partial charge is 0.122 e. The van der Waals surface area contributed by atoms with E-state index in [1.807, 2.05) is 0 Å². The van der Waals surface area contributed by atoms with E-state index >= 15 is 0 Å². The third kappa shape index (κ3) is 3.48. The molecule has 1 aromatic carbocycles. The monoisotopic (exact) mass is 262 g/mol. The highest BCUT2D eigenvalue weighted by molar-refractivity contribution is 5.43. The van der Waals surface area contributed by atoms with Gasteiger partial charge in [0.1, 0.15) is 5.75 Å². The van der Waals surface area contributed by atoms with Gasteiger partial charge >= 0.3 is 0 Å². The fourth-order valence-corrected chi connectivity index (χ4v) is 2.66. The highest BCUT2D eigenvalue weighted by Crippen LogP contribution is 2.24. The number of rotatable bonds is 6. The molecule has 0 amide bonds. The number of likely N-dealkylation sites (N-methyl/N-ethyl adjacent to an activating group) is 1. The number of methoxy groups -OCH3 is 1. The van der Waals surface area contributed by atoms with Gasteiger partial charge in [-0.2, -0.15) is 0 Å². The molecule has 1 aliphatic rings. The predicted molar refractivity (Wildman–Crippen MR) is 80.0 cm³/mol. The Bertz CT molecular complexity index is 427. The summed E-state index contributed by atoms with van der Waals surface area (Å²) in [6.45, 7) is 9.05. The van der Waals surface area contributed by atoms with E-state index in [2.05, 4.69) is 43.2 Å². The molecule has 3 heteroatoms. The molecule has 0 spiro atoms. The Labute approximate surface area is 116 Å². The van der Waals surface area contributed by atoms with E-state index in [1.54, 1.807) is 7.11 Å². The molecule has 2 rings (SSSR count). The maximum absolute atomic E-state index is 5.36. The summed E-state index contributed by atoms with van der Waals surface area (Å²) in [5.41, 5.74) is 4.08. The number of hydrogen-bond donors (Lipinski definition) is 1. The number of ether oxygens (including phenoxy) is 1. The molecule has 0 unspecified atom stereocenters. The Morgan fingerprint density at radius 1 is 1.26 bits per heavy atom. The number of nitrogens with zero attached hydrogens (tertiary/aromatic N) is 1. The molecule has 1 heterocycles. The zero-order chi connectivity index (χ0) is 13.8. The first-order valence-electron chi connectivity index (χ1n) is 7.14. The number of hydrogen-bond acceptors (Lipinski definition) is 3. The maximum atomic E-state index is 5.36. The zero-order valence-electron chi connectivity index (χ0n) is 12.6. The van der Waals surface area contributed by atoms with Gasteiger partial charge in [-0.1, -0.05) is 6.07 Å². The van der Waals surface area contributed by atoms with Crippen molar-refractivity contribution in [3.05, 3.63) is 28.8 Å². The van der Waals surface area contributed by atoms with Gasteiger partial charge in [-0.15, -0.1) is 0 Å². The number of benzene rings is 1. The van der Waals surface area contributed by atoms with E-state index in [1.165, 1.54) is 36.3 Å². The lowest BCUT2D eigenvalue weighted by molar-refractivity contribution is 0.226. The van der Waals surface area contributed by atoms with Crippen LogP contribution in [-0.4, -0.2) is 45.2 Å². The molecule has 106 valence electrons. The standard InChI is InChI=1S/C16H26N2O/c1-12-13(2)16(19-4)6-5-15(12)7-8-18(3)11-14-9-17-10-14/h5-6,14,17H,7-11H2,1-4H3. The van der Waals surface area contributed by atoms with Crippen LogP contribution in [0.25, 0.3) is 0 Å². The normalized spacial score (nSPS) is 15.6. The lowest BCUT2D eigenvalue weighted by Crippen LogP contribution is -2.47. The molecule has 0 atom stereocenters. The van der Waals surface area contributed by atoms with E-state index in [9.17, 15) is 0 Å². The lowest BCUT2D eigenvalue weighted by Gasteiger charge is -2.31. The van der Waals surface area contributed by atoms with Crippen LogP contribution in [-0.2, 0) is 6.42 Å². The van der Waals surface area contributed by atoms with Crippen molar-refractivity contribution in [2.24, 2.45) is 5.92 Å². The minimum atomic E-state index is 0.851. The Morgan fingerprint density at radius 2 is 2.00 bits per heavy atom. The third-order valence-corrected chi connectivity index (χ3v) is 4.27. The van der Waals surface area contributed by atoms with Gasteiger partial charge in [0.25, 0.3) is 0 Å². The molecule has 1 N–H and O–H groups in total. The van der Waals surface area contributed by atoms with Crippen LogP contribution in [0.1, 0.15) is 16.7 Å². The first-order valence-corrected chi connectivity index (χ1v) is 7.14. The van der Waals surface area contributed by atoms with Crippen LogP contribution in [0, 0.1) is 19.8 Å². The van der Waals surface area contributed by atoms with E-state index in [0.29, 0.717) is 0 Å². The van der Waals surface area contributed by atoms with Gasteiger partial charge in [-0.3, -0.25) is 0 Å². The minimum absolute atomic E-state index is 0.851. The summed E-state index contributed by atoms with van der Waals surface area (Å²) in [6, 6.07) is 4.30. The van der Waals surface area contributed by atoms with Crippen LogP contribution in [0.4, 0.5) is 0 Å². The molecule has 0 aliphatic carbocycles. The van der Waals surface area contributed by atoms with Gasteiger partial charge < -0.3 is 15.0 Å². The minimum Gasteiger partial charge on any atom is -0.496 e. The summed E-state index contributed by atoms with van der Waals surface area (Å²) in [6.07, 6.45) is 1.12. The van der Waals surface area contributed by atoms with Crippen molar-refractivity contribution in [3.8, 4) is 5.75 Å². The fraction of sp³-hybridized carbons (Fsp3) is 0.625. The van der Waals surface area contributed by atoms with Crippen LogP contribution >= 0.6 is 0 Å². The highest BCUT2D eigenvalue weighted by atomic mass is 16.5. The molecule has 1 fully saturated rings. The second kappa shape index (κ2) is 6.40. The molecular weight excluding hydrogens is 236 g/mol. The molecule has 0 bridgehead atoms. The van der Waals surface area contributed by atoms with Gasteiger partial charge in [0.15, 0.2) is 0 Å². The van der Waals surface area contributed by atoms with Gasteiger partial charge in [-0.05, 0) is 56.0 Å². The highest BCUT2D eigenvalue weighted by Gasteiger charge is 2.18. The first-order chi connectivity index (χ1) is 9.11. The molecule has 0 radical (unpaired) electrons. The van der Waals surface area contributed by atoms with Crippen molar-refractivity contribution in [1.82, 2.24) is 10.2 Å². The van der Waals surface area contributed by atoms with Crippen LogP contribution in [0.5, 0.6) is 5.75 Å². The predicted octanol–water partition coefficient (Wildman–Crippen LogP) is 2.01. The third-order valence-electron chi connectivity index (χ3n) is 4.27. The van der Waals surface area contributed by atoms with Crippen LogP contribution in [0.3, 0.4) is 0 Å². The summed E-state index contributed by atoms with van der Waals surface area (Å²) in [5, 5.41) is 3.33. The second-order valence-electron chi connectivity index (χ2n) is 5.71. The fourth-order valence-electron chi connectivity index (χ4n) is 2.66. The van der Waals surface area contributed by atoms with Crippen LogP contribution in [0.15, 0.2) is 12.1 Å². The van der Waals surface area contributed by atoms with Crippen molar-refractivity contribution in [3.63, 3.8) is 0 Å². The van der Waals surface area contributed by atoms with Gasteiger partial charge in [0.05, 0.1) is 7.11 Å². The van der Waals surface area contributed by atoms with Crippen molar-refractivity contribution in [2.45, 2.75) is 20.3 Å². The maximum Gasteiger partial charge on any atom is 0.122 e. The van der Waals surface area contributed by atoms with E-state index in [0.717, 1.165) is 24.6 Å². The van der Waals surface area contributed by atoms with Crippen molar-refractivity contribution in [1.29, 1.82) is 0 Å². The average molecular weight is 262 g/mol. The Morgan fingerprint density at radius 3 is 2.58 bits per heavy atom. The van der Waals surface area contributed by atoms with Crippen molar-refractivity contribution >= 4 is 0 Å². The molecule has 19 heavy (non-hydrogen) atoms. The largest absolute Gasteiger partial charge is 0.496 e. The summed E-state index contributed by atoms with van der Waals surface area (Å²) < 4.78 is 5.36. The Kier molecular flexibility index (Phi) is 4.83. The summed E-state index contributed by atoms with van der Waals surface area (Å²) in [5.74, 6) is 1.85. The van der Waals surface area contributed by atoms with E-state index in [4.69, 9.17) is 4.74 Å². The van der Waals surface area contributed by atoms with Gasteiger partial charge in [0, 0.05) is 26.2 Å². The van der Waals surface area contributed by atoms with Crippen molar-refractivity contribution in [2.75, 3.05) is 40.3 Å². The second-order valence-corrected chi connectivity index (χ2v) is 5.71. The molecule has 1 saturated heterocycles. The van der Waals surface area contributed by atoms with Crippen LogP contribution in [0.2, 0.25) is 0 Å². The lowest BCUT2D eigenvalue weighted by atomic mass is 9.99. The molecule has 1 aliphatic heterocycles. The van der Waals surface area contributed by atoms with Crippen molar-refractivity contribution < 1.29 is 4.74 Å². The van der Waals surface area contributed by atoms with Gasteiger partial charge in [-0.25, -0.2) is 0 Å². The molecule has 0 aromatic heterocycles. The quantitative estimate of drug-likeness (QED) is 0.849. The van der Waals surface area contributed by atoms with Gasteiger partial charge in [0.2, 0.25) is 0 Å². The SMILES string of the molecule is COc1ccc(CCN(C)CC2CNC2)c(C)c1C. The molecule has 0 saturated carbocycles.